The minimum absolute atomic E-state index is 0.330. The van der Waals surface area contributed by atoms with Crippen molar-refractivity contribution in [1.29, 1.82) is 0 Å². The van der Waals surface area contributed by atoms with Gasteiger partial charge >= 0.3 is 6.09 Å². The van der Waals surface area contributed by atoms with E-state index in [0.29, 0.717) is 17.3 Å². The Morgan fingerprint density at radius 2 is 2.12 bits per heavy atom. The molecule has 0 radical (unpaired) electrons. The standard InChI is InChI=1S/C11H15ClN2O2/c1-11(2,13)7-14-10(15)16-9-6-4-3-5-8(9)12/h3-6H,7,13H2,1-2H3,(H,14,15). The first-order valence-electron chi connectivity index (χ1n) is 4.87. The van der Waals surface area contributed by atoms with Gasteiger partial charge in [0.15, 0.2) is 5.75 Å². The Kier molecular flexibility index (Phi) is 4.15. The van der Waals surface area contributed by atoms with Crippen molar-refractivity contribution < 1.29 is 9.53 Å². The molecule has 3 N–H and O–H groups in total. The SMILES string of the molecule is CC(C)(N)CNC(=O)Oc1ccccc1Cl. The number of benzene rings is 1. The fourth-order valence-corrected chi connectivity index (χ4v) is 1.14. The molecule has 1 aromatic carbocycles. The lowest BCUT2D eigenvalue weighted by Gasteiger charge is -2.18. The molecule has 0 unspecified atom stereocenters. The summed E-state index contributed by atoms with van der Waals surface area (Å²) >= 11 is 5.83. The molecule has 0 spiro atoms. The Labute approximate surface area is 99.7 Å². The zero-order chi connectivity index (χ0) is 12.2. The predicted octanol–water partition coefficient (Wildman–Crippen LogP) is 2.17. The van der Waals surface area contributed by atoms with Crippen LogP contribution in [0.5, 0.6) is 5.75 Å². The number of hydrogen-bond donors (Lipinski definition) is 2. The lowest BCUT2D eigenvalue weighted by atomic mass is 10.1. The third-order valence-corrected chi connectivity index (χ3v) is 2.04. The van der Waals surface area contributed by atoms with Crippen LogP contribution >= 0.6 is 11.6 Å². The van der Waals surface area contributed by atoms with Crippen LogP contribution in [0.15, 0.2) is 24.3 Å². The predicted molar refractivity (Wildman–Crippen MR) is 63.7 cm³/mol. The fourth-order valence-electron chi connectivity index (χ4n) is 0.963. The van der Waals surface area contributed by atoms with Gasteiger partial charge in [0.2, 0.25) is 0 Å². The minimum atomic E-state index is -0.563. The number of nitrogens with one attached hydrogen (secondary N) is 1. The molecular weight excluding hydrogens is 228 g/mol. The highest BCUT2D eigenvalue weighted by Gasteiger charge is 2.13. The van der Waals surface area contributed by atoms with Crippen molar-refractivity contribution in [2.75, 3.05) is 6.54 Å². The first kappa shape index (κ1) is 12.8. The van der Waals surface area contributed by atoms with E-state index in [2.05, 4.69) is 5.32 Å². The van der Waals surface area contributed by atoms with Gasteiger partial charge in [-0.05, 0) is 26.0 Å². The first-order valence-corrected chi connectivity index (χ1v) is 5.25. The van der Waals surface area contributed by atoms with Gasteiger partial charge in [-0.1, -0.05) is 23.7 Å². The highest BCUT2D eigenvalue weighted by molar-refractivity contribution is 6.32. The molecule has 0 aliphatic heterocycles. The van der Waals surface area contributed by atoms with Gasteiger partial charge in [-0.3, -0.25) is 0 Å². The smallest absolute Gasteiger partial charge is 0.409 e. The Morgan fingerprint density at radius 3 is 2.69 bits per heavy atom. The number of amides is 1. The van der Waals surface area contributed by atoms with Crippen LogP contribution in [0.1, 0.15) is 13.8 Å². The van der Waals surface area contributed by atoms with E-state index < -0.39 is 11.6 Å². The second kappa shape index (κ2) is 5.18. The Bertz CT molecular complexity index is 374. The van der Waals surface area contributed by atoms with Gasteiger partial charge in [0.25, 0.3) is 0 Å². The summed E-state index contributed by atoms with van der Waals surface area (Å²) in [6, 6.07) is 6.77. The maximum atomic E-state index is 11.4. The molecule has 1 rings (SSSR count). The maximum absolute atomic E-state index is 11.4. The van der Waals surface area contributed by atoms with Crippen molar-refractivity contribution in [2.24, 2.45) is 5.73 Å². The lowest BCUT2D eigenvalue weighted by Crippen LogP contribution is -2.45. The van der Waals surface area contributed by atoms with Crippen molar-refractivity contribution in [3.8, 4) is 5.75 Å². The van der Waals surface area contributed by atoms with E-state index in [-0.39, 0.29) is 0 Å². The van der Waals surface area contributed by atoms with E-state index in [9.17, 15) is 4.79 Å². The highest BCUT2D eigenvalue weighted by atomic mass is 35.5. The fraction of sp³-hybridized carbons (Fsp3) is 0.364. The molecule has 5 heteroatoms. The molecule has 0 aromatic heterocycles. The van der Waals surface area contributed by atoms with Gasteiger partial charge in [-0.25, -0.2) is 4.79 Å². The van der Waals surface area contributed by atoms with Crippen LogP contribution in [-0.4, -0.2) is 18.2 Å². The number of halogens is 1. The van der Waals surface area contributed by atoms with Crippen LogP contribution < -0.4 is 15.8 Å². The number of carbonyl (C=O) groups is 1. The quantitative estimate of drug-likeness (QED) is 0.854. The van der Waals surface area contributed by atoms with Crippen LogP contribution in [0, 0.1) is 0 Å². The van der Waals surface area contributed by atoms with Gasteiger partial charge in [-0.15, -0.1) is 0 Å². The van der Waals surface area contributed by atoms with Crippen LogP contribution in [0.25, 0.3) is 0 Å². The molecule has 0 saturated carbocycles. The topological polar surface area (TPSA) is 64.3 Å². The number of para-hydroxylation sites is 1. The zero-order valence-corrected chi connectivity index (χ0v) is 10.0. The average Bonchev–Trinajstić information content (AvgIpc) is 2.18. The average molecular weight is 243 g/mol. The van der Waals surface area contributed by atoms with Crippen molar-refractivity contribution in [1.82, 2.24) is 5.32 Å². The van der Waals surface area contributed by atoms with Crippen LogP contribution in [0.4, 0.5) is 4.79 Å². The van der Waals surface area contributed by atoms with E-state index in [1.54, 1.807) is 24.3 Å². The van der Waals surface area contributed by atoms with E-state index in [1.807, 2.05) is 13.8 Å². The minimum Gasteiger partial charge on any atom is -0.409 e. The van der Waals surface area contributed by atoms with Gasteiger partial charge < -0.3 is 15.8 Å². The van der Waals surface area contributed by atoms with Gasteiger partial charge in [-0.2, -0.15) is 0 Å². The summed E-state index contributed by atoms with van der Waals surface area (Å²) in [6.07, 6.45) is -0.563. The largest absolute Gasteiger partial charge is 0.412 e. The molecule has 0 aliphatic carbocycles. The summed E-state index contributed by atoms with van der Waals surface area (Å²) in [6.45, 7) is 3.95. The summed E-state index contributed by atoms with van der Waals surface area (Å²) in [5, 5.41) is 2.95. The number of carbonyl (C=O) groups excluding carboxylic acids is 1. The molecule has 88 valence electrons. The molecule has 4 nitrogen and oxygen atoms in total. The van der Waals surface area contributed by atoms with Crippen molar-refractivity contribution in [3.05, 3.63) is 29.3 Å². The molecule has 16 heavy (non-hydrogen) atoms. The van der Waals surface area contributed by atoms with Gasteiger partial charge in [0, 0.05) is 12.1 Å². The number of rotatable bonds is 3. The van der Waals surface area contributed by atoms with Gasteiger partial charge in [0.1, 0.15) is 0 Å². The number of nitrogens with two attached hydrogens (primary N) is 1. The number of hydrogen-bond acceptors (Lipinski definition) is 3. The van der Waals surface area contributed by atoms with Crippen molar-refractivity contribution in [2.45, 2.75) is 19.4 Å². The second-order valence-electron chi connectivity index (χ2n) is 4.16. The van der Waals surface area contributed by atoms with Crippen LogP contribution in [0.2, 0.25) is 5.02 Å². The molecule has 0 saturated heterocycles. The normalized spacial score (nSPS) is 11.0. The molecule has 0 aliphatic rings. The third-order valence-electron chi connectivity index (χ3n) is 1.73. The van der Waals surface area contributed by atoms with Gasteiger partial charge in [0.05, 0.1) is 5.02 Å². The Hall–Kier alpha value is -1.26. The summed E-state index contributed by atoms with van der Waals surface area (Å²) in [7, 11) is 0. The third kappa shape index (κ3) is 4.51. The van der Waals surface area contributed by atoms with Crippen LogP contribution in [0.3, 0.4) is 0 Å². The Balaban J connectivity index is 2.50. The summed E-state index contributed by atoms with van der Waals surface area (Å²) in [5.41, 5.74) is 5.24. The monoisotopic (exact) mass is 242 g/mol. The van der Waals surface area contributed by atoms with Crippen LogP contribution in [-0.2, 0) is 0 Å². The van der Waals surface area contributed by atoms with Crippen molar-refractivity contribution >= 4 is 17.7 Å². The maximum Gasteiger partial charge on any atom is 0.412 e. The second-order valence-corrected chi connectivity index (χ2v) is 4.57. The Morgan fingerprint density at radius 1 is 1.50 bits per heavy atom. The van der Waals surface area contributed by atoms with E-state index in [1.165, 1.54) is 0 Å². The molecule has 0 heterocycles. The summed E-state index contributed by atoms with van der Waals surface area (Å²) < 4.78 is 5.00. The molecular formula is C11H15ClN2O2. The molecule has 1 amide bonds. The van der Waals surface area contributed by atoms with Crippen molar-refractivity contribution in [3.63, 3.8) is 0 Å². The molecule has 0 fully saturated rings. The summed E-state index contributed by atoms with van der Waals surface area (Å²) in [5.74, 6) is 0.330. The molecule has 0 bridgehead atoms. The van der Waals surface area contributed by atoms with E-state index >= 15 is 0 Å². The highest BCUT2D eigenvalue weighted by Crippen LogP contribution is 2.22. The molecule has 0 atom stereocenters. The lowest BCUT2D eigenvalue weighted by molar-refractivity contribution is 0.198. The van der Waals surface area contributed by atoms with E-state index in [0.717, 1.165) is 0 Å². The number of ether oxygens (including phenoxy) is 1. The zero-order valence-electron chi connectivity index (χ0n) is 9.29. The first-order chi connectivity index (χ1) is 7.38. The molecule has 1 aromatic rings. The van der Waals surface area contributed by atoms with E-state index in [4.69, 9.17) is 22.1 Å². The summed E-state index contributed by atoms with van der Waals surface area (Å²) in [4.78, 5) is 11.4.